The van der Waals surface area contributed by atoms with E-state index in [0.29, 0.717) is 22.2 Å². The summed E-state index contributed by atoms with van der Waals surface area (Å²) >= 11 is 0. The number of carbonyl (C=O) groups is 2. The molecule has 3 heterocycles. The molecule has 1 fully saturated rings. The molecule has 1 saturated heterocycles. The quantitative estimate of drug-likeness (QED) is 0.353. The molecule has 0 spiro atoms. The van der Waals surface area contributed by atoms with Crippen LogP contribution in [0.2, 0.25) is 0 Å². The second kappa shape index (κ2) is 8.34. The summed E-state index contributed by atoms with van der Waals surface area (Å²) in [6.07, 6.45) is 5.03. The first-order valence-electron chi connectivity index (χ1n) is 9.78. The monoisotopic (exact) mass is 405 g/mol. The number of imidazole rings is 2. The average molecular weight is 405 g/mol. The van der Waals surface area contributed by atoms with E-state index in [1.165, 1.54) is 19.2 Å². The summed E-state index contributed by atoms with van der Waals surface area (Å²) in [7, 11) is 0. The Balaban J connectivity index is 0.000000158. The number of para-hydroxylation sites is 2. The van der Waals surface area contributed by atoms with Gasteiger partial charge >= 0.3 is 0 Å². The van der Waals surface area contributed by atoms with E-state index >= 15 is 0 Å². The van der Waals surface area contributed by atoms with Gasteiger partial charge in [0, 0.05) is 0 Å². The summed E-state index contributed by atoms with van der Waals surface area (Å²) in [5.74, 6) is 0.0151. The number of fused-ring (bicyclic) bond motifs is 2. The van der Waals surface area contributed by atoms with Crippen LogP contribution in [-0.2, 0) is 0 Å². The van der Waals surface area contributed by atoms with Gasteiger partial charge in [-0.1, -0.05) is 18.6 Å². The maximum Gasteiger partial charge on any atom is 0.250 e. The lowest BCUT2D eigenvalue weighted by atomic mass is 10.0. The lowest BCUT2D eigenvalue weighted by Gasteiger charge is -2.21. The number of primary amides is 2. The highest BCUT2D eigenvalue weighted by atomic mass is 16.1. The lowest BCUT2D eigenvalue weighted by molar-refractivity contribution is 0.0993. The van der Waals surface area contributed by atoms with E-state index < -0.39 is 11.8 Å². The van der Waals surface area contributed by atoms with Crippen LogP contribution in [0.25, 0.3) is 22.1 Å². The molecule has 0 bridgehead atoms. The number of hydrogen-bond donors (Lipinski definition) is 5. The fraction of sp³-hybridized carbons (Fsp3) is 0.238. The Kier molecular flexibility index (Phi) is 5.44. The van der Waals surface area contributed by atoms with E-state index in [1.54, 1.807) is 18.2 Å². The Labute approximate surface area is 172 Å². The number of carbonyl (C=O) groups excluding carboxylic acids is 2. The Morgan fingerprint density at radius 2 is 1.63 bits per heavy atom. The molecule has 4 aromatic rings. The number of hydrogen-bond acceptors (Lipinski definition) is 5. The molecule has 7 N–H and O–H groups in total. The maximum absolute atomic E-state index is 11.4. The van der Waals surface area contributed by atoms with Crippen LogP contribution in [0.4, 0.5) is 0 Å². The molecular weight excluding hydrogens is 382 g/mol. The minimum atomic E-state index is -0.451. The van der Waals surface area contributed by atoms with Crippen LogP contribution in [-0.4, -0.2) is 38.3 Å². The van der Waals surface area contributed by atoms with Gasteiger partial charge in [0.15, 0.2) is 0 Å². The standard InChI is InChI=1S/C13H16N4O.C8H7N3O/c14-12(18)8-4-3-6-9-11(8)17-13(16-9)10-5-1-2-7-15-10;9-8(12)5-2-1-3-6-7(5)11-4-10-6/h3-4,6,10,15H,1-2,5,7H2,(H2,14,18)(H,16,17);1-4H,(H2,9,12)(H,10,11)/t10-;/m0./s1. The van der Waals surface area contributed by atoms with Gasteiger partial charge in [-0.15, -0.1) is 0 Å². The third kappa shape index (κ3) is 3.87. The smallest absolute Gasteiger partial charge is 0.250 e. The highest BCUT2D eigenvalue weighted by molar-refractivity contribution is 6.04. The third-order valence-corrected chi connectivity index (χ3v) is 5.15. The van der Waals surface area contributed by atoms with Gasteiger partial charge in [0.2, 0.25) is 0 Å². The normalized spacial score (nSPS) is 16.2. The number of rotatable bonds is 3. The predicted octanol–water partition coefficient (Wildman–Crippen LogP) is 2.14. The van der Waals surface area contributed by atoms with E-state index in [-0.39, 0.29) is 6.04 Å². The molecule has 1 aliphatic rings. The number of aromatic amines is 2. The highest BCUT2D eigenvalue weighted by Gasteiger charge is 2.19. The number of nitrogens with two attached hydrogens (primary N) is 2. The second-order valence-corrected chi connectivity index (χ2v) is 7.16. The van der Waals surface area contributed by atoms with Crippen molar-refractivity contribution in [2.75, 3.05) is 6.54 Å². The SMILES string of the molecule is NC(=O)c1cccc2[nH]c([C@@H]3CCCCN3)nc12.NC(=O)c1cccc2[nH]cnc12. The van der Waals surface area contributed by atoms with Gasteiger partial charge in [0.25, 0.3) is 11.8 Å². The predicted molar refractivity (Wildman–Crippen MR) is 114 cm³/mol. The number of piperidine rings is 1. The van der Waals surface area contributed by atoms with Gasteiger partial charge in [0.05, 0.1) is 34.5 Å². The van der Waals surface area contributed by atoms with Crippen molar-refractivity contribution in [2.45, 2.75) is 25.3 Å². The number of benzene rings is 2. The molecule has 9 nitrogen and oxygen atoms in total. The van der Waals surface area contributed by atoms with Crippen molar-refractivity contribution < 1.29 is 9.59 Å². The van der Waals surface area contributed by atoms with Crippen molar-refractivity contribution >= 4 is 33.9 Å². The molecule has 2 amide bonds. The highest BCUT2D eigenvalue weighted by Crippen LogP contribution is 2.24. The van der Waals surface area contributed by atoms with Gasteiger partial charge in [-0.2, -0.15) is 0 Å². The van der Waals surface area contributed by atoms with Gasteiger partial charge in [0.1, 0.15) is 16.9 Å². The minimum Gasteiger partial charge on any atom is -0.366 e. The summed E-state index contributed by atoms with van der Waals surface area (Å²) in [4.78, 5) is 36.9. The fourth-order valence-corrected chi connectivity index (χ4v) is 3.66. The summed E-state index contributed by atoms with van der Waals surface area (Å²) in [5.41, 5.74) is 14.4. The first kappa shape index (κ1) is 19.6. The Bertz CT molecular complexity index is 1200. The summed E-state index contributed by atoms with van der Waals surface area (Å²) in [5, 5.41) is 3.44. The Morgan fingerprint density at radius 1 is 0.933 bits per heavy atom. The number of aromatic nitrogens is 4. The zero-order chi connectivity index (χ0) is 21.1. The molecule has 154 valence electrons. The maximum atomic E-state index is 11.4. The molecule has 0 saturated carbocycles. The molecule has 2 aromatic carbocycles. The third-order valence-electron chi connectivity index (χ3n) is 5.15. The van der Waals surface area contributed by atoms with Crippen LogP contribution >= 0.6 is 0 Å². The van der Waals surface area contributed by atoms with Crippen LogP contribution in [0.5, 0.6) is 0 Å². The molecule has 0 aliphatic carbocycles. The van der Waals surface area contributed by atoms with E-state index in [9.17, 15) is 9.59 Å². The summed E-state index contributed by atoms with van der Waals surface area (Å²) in [6, 6.07) is 11.0. The molecule has 1 atom stereocenters. The van der Waals surface area contributed by atoms with Crippen LogP contribution in [0.3, 0.4) is 0 Å². The van der Waals surface area contributed by atoms with Crippen LogP contribution in [0.1, 0.15) is 51.8 Å². The summed E-state index contributed by atoms with van der Waals surface area (Å²) in [6.45, 7) is 1.02. The fourth-order valence-electron chi connectivity index (χ4n) is 3.66. The van der Waals surface area contributed by atoms with E-state index in [0.717, 1.165) is 29.8 Å². The number of nitrogens with zero attached hydrogens (tertiary/aromatic N) is 2. The van der Waals surface area contributed by atoms with E-state index in [1.807, 2.05) is 18.2 Å². The zero-order valence-corrected chi connectivity index (χ0v) is 16.3. The van der Waals surface area contributed by atoms with Crippen molar-refractivity contribution in [3.63, 3.8) is 0 Å². The van der Waals surface area contributed by atoms with Crippen molar-refractivity contribution in [3.8, 4) is 0 Å². The second-order valence-electron chi connectivity index (χ2n) is 7.16. The van der Waals surface area contributed by atoms with Crippen molar-refractivity contribution in [3.05, 3.63) is 59.7 Å². The van der Waals surface area contributed by atoms with Crippen molar-refractivity contribution in [2.24, 2.45) is 11.5 Å². The van der Waals surface area contributed by atoms with Crippen molar-refractivity contribution in [1.29, 1.82) is 0 Å². The lowest BCUT2D eigenvalue weighted by Crippen LogP contribution is -2.27. The number of H-pyrrole nitrogens is 2. The van der Waals surface area contributed by atoms with Crippen LogP contribution in [0.15, 0.2) is 42.7 Å². The van der Waals surface area contributed by atoms with E-state index in [2.05, 4.69) is 25.3 Å². The first-order chi connectivity index (χ1) is 14.5. The molecule has 2 aromatic heterocycles. The molecule has 30 heavy (non-hydrogen) atoms. The minimum absolute atomic E-state index is 0.256. The van der Waals surface area contributed by atoms with Gasteiger partial charge in [-0.3, -0.25) is 9.59 Å². The molecular formula is C21H23N7O2. The molecule has 9 heteroatoms. The first-order valence-corrected chi connectivity index (χ1v) is 9.78. The van der Waals surface area contributed by atoms with E-state index in [4.69, 9.17) is 11.5 Å². The van der Waals surface area contributed by atoms with Crippen LogP contribution < -0.4 is 16.8 Å². The molecule has 1 aliphatic heterocycles. The Hall–Kier alpha value is -3.72. The van der Waals surface area contributed by atoms with Gasteiger partial charge in [-0.25, -0.2) is 9.97 Å². The molecule has 5 rings (SSSR count). The Morgan fingerprint density at radius 3 is 2.30 bits per heavy atom. The summed E-state index contributed by atoms with van der Waals surface area (Å²) < 4.78 is 0. The molecule has 0 radical (unpaired) electrons. The average Bonchev–Trinajstić information content (AvgIpc) is 3.41. The topological polar surface area (TPSA) is 156 Å². The van der Waals surface area contributed by atoms with Crippen molar-refractivity contribution in [1.82, 2.24) is 25.3 Å². The number of nitrogens with one attached hydrogen (secondary N) is 3. The van der Waals surface area contributed by atoms with Crippen LogP contribution in [0, 0.1) is 0 Å². The largest absolute Gasteiger partial charge is 0.366 e. The zero-order valence-electron chi connectivity index (χ0n) is 16.3. The molecule has 0 unspecified atom stereocenters. The number of amides is 2. The van der Waals surface area contributed by atoms with Gasteiger partial charge < -0.3 is 26.8 Å². The van der Waals surface area contributed by atoms with Gasteiger partial charge in [-0.05, 0) is 43.7 Å².